The van der Waals surface area contributed by atoms with Gasteiger partial charge in [-0.15, -0.1) is 0 Å². The van der Waals surface area contributed by atoms with E-state index in [0.717, 1.165) is 23.5 Å². The van der Waals surface area contributed by atoms with Crippen molar-refractivity contribution < 1.29 is 0 Å². The lowest BCUT2D eigenvalue weighted by Crippen LogP contribution is -2.34. The molecule has 2 spiro atoms. The van der Waals surface area contributed by atoms with E-state index in [0.29, 0.717) is 27.7 Å². The zero-order valence-corrected chi connectivity index (χ0v) is 23.3. The third kappa shape index (κ3) is 3.88. The van der Waals surface area contributed by atoms with E-state index in [1.165, 1.54) is 88.3 Å². The number of rotatable bonds is 11. The summed E-state index contributed by atoms with van der Waals surface area (Å²) in [6, 6.07) is 2.12. The van der Waals surface area contributed by atoms with Gasteiger partial charge in [0.1, 0.15) is 0 Å². The summed E-state index contributed by atoms with van der Waals surface area (Å²) in [7, 11) is 0. The van der Waals surface area contributed by atoms with E-state index in [9.17, 15) is 0 Å². The molecule has 0 heterocycles. The molecule has 0 aromatic rings. The first kappa shape index (κ1) is 26.3. The smallest absolute Gasteiger partial charge is 0.0985 e. The van der Waals surface area contributed by atoms with E-state index in [1.807, 2.05) is 12.2 Å². The maximum atomic E-state index is 9.10. The number of nitrogens with zero attached hydrogens (tertiary/aromatic N) is 1. The van der Waals surface area contributed by atoms with Crippen molar-refractivity contribution in [2.75, 3.05) is 0 Å². The van der Waals surface area contributed by atoms with Gasteiger partial charge in [-0.1, -0.05) is 71.6 Å². The summed E-state index contributed by atoms with van der Waals surface area (Å²) < 4.78 is 0. The van der Waals surface area contributed by atoms with E-state index in [1.54, 1.807) is 0 Å². The normalized spacial score (nSPS) is 38.9. The minimum atomic E-state index is 0.374. The number of allylic oxidation sites excluding steroid dienone is 5. The summed E-state index contributed by atoms with van der Waals surface area (Å²) in [4.78, 5) is 0. The lowest BCUT2D eigenvalue weighted by atomic mass is 9.66. The lowest BCUT2D eigenvalue weighted by molar-refractivity contribution is 0.101. The first-order valence-electron chi connectivity index (χ1n) is 14.6. The van der Waals surface area contributed by atoms with Crippen molar-refractivity contribution in [1.29, 1.82) is 5.26 Å². The molecule has 0 aromatic heterocycles. The minimum Gasteiger partial charge on any atom is -0.359 e. The van der Waals surface area contributed by atoms with Crippen LogP contribution in [-0.4, -0.2) is 0 Å². The highest BCUT2D eigenvalue weighted by molar-refractivity contribution is 5.40. The molecule has 1 N–H and O–H groups in total. The first-order chi connectivity index (χ1) is 16.7. The predicted octanol–water partition coefficient (Wildman–Crippen LogP) is 9.24. The molecule has 192 valence electrons. The van der Waals surface area contributed by atoms with Crippen LogP contribution in [0.1, 0.15) is 112 Å². The SMILES string of the molecule is C=C(C#N)/C=C\C(NC(=C)C1CCC23C4CCC(CCC)C(CCCCC)C42CCC13C)=C(C)C. The van der Waals surface area contributed by atoms with E-state index in [-0.39, 0.29) is 0 Å². The molecule has 2 nitrogen and oxygen atoms in total. The van der Waals surface area contributed by atoms with Gasteiger partial charge in [-0.2, -0.15) is 5.26 Å². The first-order valence-corrected chi connectivity index (χ1v) is 14.6. The molecule has 2 heteroatoms. The Morgan fingerprint density at radius 3 is 2.43 bits per heavy atom. The third-order valence-electron chi connectivity index (χ3n) is 11.3. The average molecular weight is 475 g/mol. The molecule has 4 fully saturated rings. The quantitative estimate of drug-likeness (QED) is 0.184. The molecular weight excluding hydrogens is 424 g/mol. The maximum Gasteiger partial charge on any atom is 0.0985 e. The predicted molar refractivity (Wildman–Crippen MR) is 148 cm³/mol. The van der Waals surface area contributed by atoms with Crippen LogP contribution >= 0.6 is 0 Å². The molecule has 7 unspecified atom stereocenters. The Hall–Kier alpha value is -1.75. The zero-order valence-electron chi connectivity index (χ0n) is 23.3. The fourth-order valence-corrected chi connectivity index (χ4v) is 10.1. The molecule has 4 aliphatic carbocycles. The molecule has 7 atom stereocenters. The fraction of sp³-hybridized carbons (Fsp3) is 0.727. The van der Waals surface area contributed by atoms with Crippen molar-refractivity contribution in [3.8, 4) is 6.07 Å². The molecule has 0 radical (unpaired) electrons. The van der Waals surface area contributed by atoms with Gasteiger partial charge in [-0.25, -0.2) is 0 Å². The van der Waals surface area contributed by atoms with Crippen molar-refractivity contribution in [1.82, 2.24) is 5.32 Å². The number of nitrogens with one attached hydrogen (secondary N) is 1. The monoisotopic (exact) mass is 474 g/mol. The molecule has 4 saturated carbocycles. The highest BCUT2D eigenvalue weighted by atomic mass is 15.0. The summed E-state index contributed by atoms with van der Waals surface area (Å²) in [5.41, 5.74) is 5.53. The van der Waals surface area contributed by atoms with Crippen molar-refractivity contribution in [2.45, 2.75) is 112 Å². The lowest BCUT2D eigenvalue weighted by Gasteiger charge is -2.39. The molecular formula is C33H50N2. The van der Waals surface area contributed by atoms with Crippen LogP contribution in [0, 0.1) is 51.2 Å². The Labute approximate surface area is 216 Å². The fourth-order valence-electron chi connectivity index (χ4n) is 10.1. The molecule has 0 saturated heterocycles. The molecule has 0 aromatic carbocycles. The van der Waals surface area contributed by atoms with Crippen LogP contribution in [0.5, 0.6) is 0 Å². The molecule has 4 aliphatic rings. The van der Waals surface area contributed by atoms with Gasteiger partial charge in [0.25, 0.3) is 0 Å². The van der Waals surface area contributed by atoms with Crippen LogP contribution < -0.4 is 5.32 Å². The molecule has 35 heavy (non-hydrogen) atoms. The molecule has 0 aliphatic heterocycles. The molecule has 4 rings (SSSR count). The Bertz CT molecular complexity index is 943. The minimum absolute atomic E-state index is 0.374. The van der Waals surface area contributed by atoms with Gasteiger partial charge in [0.15, 0.2) is 0 Å². The highest BCUT2D eigenvalue weighted by Gasteiger charge is 2.88. The summed E-state index contributed by atoms with van der Waals surface area (Å²) in [5.74, 6) is 3.43. The van der Waals surface area contributed by atoms with Gasteiger partial charge in [-0.3, -0.25) is 0 Å². The van der Waals surface area contributed by atoms with E-state index >= 15 is 0 Å². The topological polar surface area (TPSA) is 35.8 Å². The standard InChI is InChI=1S/C33H50N2/c1-8-10-11-13-28-26(12-9-2)15-17-30-32(28)21-20-31(7)27(18-19-33(30,31)32)25(6)35-29(23(3)4)16-14-24(5)22-34/h14,16,26-28,30,35H,5-6,8-13,15,17-21H2,1-4,7H3/b16-14-. The zero-order chi connectivity index (χ0) is 25.4. The van der Waals surface area contributed by atoms with Gasteiger partial charge in [0.2, 0.25) is 0 Å². The van der Waals surface area contributed by atoms with Crippen molar-refractivity contribution >= 4 is 0 Å². The van der Waals surface area contributed by atoms with Crippen molar-refractivity contribution in [3.63, 3.8) is 0 Å². The van der Waals surface area contributed by atoms with E-state index in [2.05, 4.69) is 59.2 Å². The van der Waals surface area contributed by atoms with Crippen LogP contribution in [0.15, 0.2) is 47.9 Å². The second-order valence-corrected chi connectivity index (χ2v) is 12.8. The number of nitriles is 1. The number of hydrogen-bond donors (Lipinski definition) is 1. The number of unbranched alkanes of at least 4 members (excludes halogenated alkanes) is 2. The molecule has 0 bridgehead atoms. The van der Waals surface area contributed by atoms with Crippen LogP contribution in [-0.2, 0) is 0 Å². The van der Waals surface area contributed by atoms with Gasteiger partial charge in [-0.05, 0) is 105 Å². The summed E-state index contributed by atoms with van der Waals surface area (Å²) in [6.45, 7) is 20.1. The van der Waals surface area contributed by atoms with Crippen LogP contribution in [0.2, 0.25) is 0 Å². The average Bonchev–Trinajstić information content (AvgIpc) is 3.15. The summed E-state index contributed by atoms with van der Waals surface area (Å²) >= 11 is 0. The van der Waals surface area contributed by atoms with Crippen LogP contribution in [0.25, 0.3) is 0 Å². The second kappa shape index (κ2) is 9.95. The Kier molecular flexibility index (Phi) is 7.48. The van der Waals surface area contributed by atoms with Gasteiger partial charge < -0.3 is 5.32 Å². The summed E-state index contributed by atoms with van der Waals surface area (Å²) in [5, 5.41) is 12.8. The van der Waals surface area contributed by atoms with Crippen LogP contribution in [0.4, 0.5) is 0 Å². The maximum absolute atomic E-state index is 9.10. The Morgan fingerprint density at radius 1 is 1.00 bits per heavy atom. The Balaban J connectivity index is 1.57. The van der Waals surface area contributed by atoms with Crippen molar-refractivity contribution in [2.24, 2.45) is 39.9 Å². The van der Waals surface area contributed by atoms with Gasteiger partial charge >= 0.3 is 0 Å². The summed E-state index contributed by atoms with van der Waals surface area (Å²) in [6.07, 6.45) is 20.8. The third-order valence-corrected chi connectivity index (χ3v) is 11.3. The molecule has 0 amide bonds. The van der Waals surface area contributed by atoms with Gasteiger partial charge in [0, 0.05) is 22.9 Å². The second-order valence-electron chi connectivity index (χ2n) is 12.8. The largest absolute Gasteiger partial charge is 0.359 e. The van der Waals surface area contributed by atoms with E-state index in [4.69, 9.17) is 5.26 Å². The number of hydrogen-bond acceptors (Lipinski definition) is 2. The van der Waals surface area contributed by atoms with E-state index < -0.39 is 0 Å². The Morgan fingerprint density at radius 2 is 1.77 bits per heavy atom. The highest BCUT2D eigenvalue weighted by Crippen LogP contribution is 2.94. The van der Waals surface area contributed by atoms with Gasteiger partial charge in [0.05, 0.1) is 6.07 Å². The van der Waals surface area contributed by atoms with Crippen LogP contribution in [0.3, 0.4) is 0 Å². The van der Waals surface area contributed by atoms with Crippen molar-refractivity contribution in [3.05, 3.63) is 47.9 Å².